The number of hydrogen-bond acceptors (Lipinski definition) is 6. The van der Waals surface area contributed by atoms with Crippen LogP contribution in [0.1, 0.15) is 26.0 Å². The maximum atomic E-state index is 13.4. The fourth-order valence-corrected chi connectivity index (χ4v) is 3.85. The minimum Gasteiger partial charge on any atom is -0.389 e. The van der Waals surface area contributed by atoms with Crippen molar-refractivity contribution in [2.75, 3.05) is 0 Å². The molecule has 3 rings (SSSR count). The van der Waals surface area contributed by atoms with Crippen LogP contribution in [0.3, 0.4) is 0 Å². The molecule has 0 amide bonds. The zero-order valence-corrected chi connectivity index (χ0v) is 13.3. The molecule has 0 atom stereocenters. The van der Waals surface area contributed by atoms with Crippen LogP contribution in [0, 0.1) is 5.82 Å². The molecule has 9 heteroatoms. The van der Waals surface area contributed by atoms with Gasteiger partial charge in [-0.25, -0.2) is 12.8 Å². The number of nitrogens with zero attached hydrogens (tertiary/aromatic N) is 2. The van der Waals surface area contributed by atoms with E-state index in [1.54, 1.807) is 13.8 Å². The fraction of sp³-hybridized carbons (Fsp3) is 0.385. The number of aromatic nitrogens is 1. The minimum absolute atomic E-state index is 0.0359. The van der Waals surface area contributed by atoms with Crippen LogP contribution >= 0.6 is 11.6 Å². The van der Waals surface area contributed by atoms with E-state index in [4.69, 9.17) is 21.0 Å². The average molecular weight is 347 g/mol. The molecule has 0 saturated carbocycles. The van der Waals surface area contributed by atoms with Crippen molar-refractivity contribution in [1.29, 1.82) is 0 Å². The van der Waals surface area contributed by atoms with Crippen molar-refractivity contribution < 1.29 is 22.2 Å². The summed E-state index contributed by atoms with van der Waals surface area (Å²) in [6.07, 6.45) is 0.167. The van der Waals surface area contributed by atoms with Gasteiger partial charge in [-0.15, -0.1) is 0 Å². The number of fused-ring (bicyclic) bond motifs is 1. The standard InChI is InChI=1S/C13H12ClFN2O4S/c1-13(2)5-11(17-21-13)22(18,19)6-10-8-3-7(15)4-9(14)12(8)20-16-10/h3-4H,5-6H2,1-2H3. The summed E-state index contributed by atoms with van der Waals surface area (Å²) in [7, 11) is -3.73. The van der Waals surface area contributed by atoms with Crippen molar-refractivity contribution in [3.63, 3.8) is 0 Å². The van der Waals surface area contributed by atoms with Gasteiger partial charge in [0.2, 0.25) is 9.84 Å². The Hall–Kier alpha value is -1.67. The second-order valence-electron chi connectivity index (χ2n) is 5.67. The lowest BCUT2D eigenvalue weighted by molar-refractivity contribution is 0.0123. The molecule has 0 spiro atoms. The third-order valence-corrected chi connectivity index (χ3v) is 5.09. The Kier molecular flexibility index (Phi) is 3.41. The van der Waals surface area contributed by atoms with Gasteiger partial charge in [-0.3, -0.25) is 0 Å². The summed E-state index contributed by atoms with van der Waals surface area (Å²) < 4.78 is 43.2. The van der Waals surface area contributed by atoms with Crippen LogP contribution < -0.4 is 0 Å². The molecule has 0 unspecified atom stereocenters. The van der Waals surface area contributed by atoms with E-state index >= 15 is 0 Å². The monoisotopic (exact) mass is 346 g/mol. The molecule has 6 nitrogen and oxygen atoms in total. The first kappa shape index (κ1) is 15.2. The number of sulfone groups is 1. The summed E-state index contributed by atoms with van der Waals surface area (Å²) in [5, 5.41) is 7.52. The van der Waals surface area contributed by atoms with Gasteiger partial charge >= 0.3 is 0 Å². The average Bonchev–Trinajstić information content (AvgIpc) is 2.94. The first-order valence-electron chi connectivity index (χ1n) is 6.39. The highest BCUT2D eigenvalue weighted by Crippen LogP contribution is 2.30. The predicted molar refractivity (Wildman–Crippen MR) is 78.8 cm³/mol. The molecule has 2 heterocycles. The lowest BCUT2D eigenvalue weighted by Gasteiger charge is -2.13. The lowest BCUT2D eigenvalue weighted by Crippen LogP contribution is -2.23. The summed E-state index contributed by atoms with van der Waals surface area (Å²) in [6, 6.07) is 2.21. The minimum atomic E-state index is -3.73. The van der Waals surface area contributed by atoms with Crippen molar-refractivity contribution in [2.45, 2.75) is 31.6 Å². The van der Waals surface area contributed by atoms with Gasteiger partial charge in [0.05, 0.1) is 10.4 Å². The Morgan fingerprint density at radius 3 is 2.77 bits per heavy atom. The zero-order chi connectivity index (χ0) is 16.1. The Morgan fingerprint density at radius 1 is 1.41 bits per heavy atom. The third-order valence-electron chi connectivity index (χ3n) is 3.22. The van der Waals surface area contributed by atoms with Gasteiger partial charge in [0.15, 0.2) is 10.6 Å². The van der Waals surface area contributed by atoms with E-state index in [2.05, 4.69) is 10.3 Å². The van der Waals surface area contributed by atoms with E-state index in [0.29, 0.717) is 0 Å². The molecule has 0 bridgehead atoms. The van der Waals surface area contributed by atoms with E-state index < -0.39 is 27.0 Å². The van der Waals surface area contributed by atoms with Gasteiger partial charge in [0, 0.05) is 6.42 Å². The van der Waals surface area contributed by atoms with Crippen molar-refractivity contribution in [3.05, 3.63) is 28.7 Å². The van der Waals surface area contributed by atoms with E-state index in [1.807, 2.05) is 0 Å². The van der Waals surface area contributed by atoms with E-state index in [0.717, 1.165) is 12.1 Å². The topological polar surface area (TPSA) is 81.8 Å². The maximum absolute atomic E-state index is 13.4. The number of rotatable bonds is 2. The first-order chi connectivity index (χ1) is 10.2. The SMILES string of the molecule is CC1(C)CC(S(=O)(=O)Cc2noc3c(Cl)cc(F)cc23)=NO1. The lowest BCUT2D eigenvalue weighted by atomic mass is 10.1. The third kappa shape index (κ3) is 2.68. The van der Waals surface area contributed by atoms with E-state index in [9.17, 15) is 12.8 Å². The van der Waals surface area contributed by atoms with Gasteiger partial charge in [0.1, 0.15) is 22.9 Å². The van der Waals surface area contributed by atoms with Crippen molar-refractivity contribution >= 4 is 37.5 Å². The molecular formula is C13H12ClFN2O4S. The molecule has 1 aromatic carbocycles. The molecule has 1 aromatic heterocycles. The number of oxime groups is 1. The molecule has 0 saturated heterocycles. The highest BCUT2D eigenvalue weighted by molar-refractivity contribution is 8.05. The Labute approximate surface area is 130 Å². The van der Waals surface area contributed by atoms with E-state index in [-0.39, 0.29) is 33.2 Å². The van der Waals surface area contributed by atoms with Crippen LogP contribution in [-0.4, -0.2) is 24.2 Å². The largest absolute Gasteiger partial charge is 0.389 e. The van der Waals surface area contributed by atoms with Crippen LogP contribution in [-0.2, 0) is 20.4 Å². The van der Waals surface area contributed by atoms with Crippen LogP contribution in [0.4, 0.5) is 4.39 Å². The van der Waals surface area contributed by atoms with Gasteiger partial charge in [-0.05, 0) is 26.0 Å². The fourth-order valence-electron chi connectivity index (χ4n) is 2.15. The summed E-state index contributed by atoms with van der Waals surface area (Å²) in [5.74, 6) is -1.06. The van der Waals surface area contributed by atoms with Gasteiger partial charge in [-0.2, -0.15) is 0 Å². The van der Waals surface area contributed by atoms with Crippen LogP contribution in [0.2, 0.25) is 5.02 Å². The second-order valence-corrected chi connectivity index (χ2v) is 8.06. The highest BCUT2D eigenvalue weighted by Gasteiger charge is 2.36. The molecule has 2 aromatic rings. The molecule has 1 aliphatic rings. The molecular weight excluding hydrogens is 335 g/mol. The highest BCUT2D eigenvalue weighted by atomic mass is 35.5. The molecule has 22 heavy (non-hydrogen) atoms. The Balaban J connectivity index is 1.97. The van der Waals surface area contributed by atoms with Crippen molar-refractivity contribution in [2.24, 2.45) is 5.16 Å². The molecule has 0 radical (unpaired) electrons. The Morgan fingerprint density at radius 2 is 2.14 bits per heavy atom. The number of benzene rings is 1. The zero-order valence-electron chi connectivity index (χ0n) is 11.8. The summed E-state index contributed by atoms with van der Waals surface area (Å²) >= 11 is 5.84. The van der Waals surface area contributed by atoms with Crippen LogP contribution in [0.5, 0.6) is 0 Å². The van der Waals surface area contributed by atoms with Crippen molar-refractivity contribution in [1.82, 2.24) is 5.16 Å². The smallest absolute Gasteiger partial charge is 0.200 e. The summed E-state index contributed by atoms with van der Waals surface area (Å²) in [4.78, 5) is 5.07. The van der Waals surface area contributed by atoms with Crippen molar-refractivity contribution in [3.8, 4) is 0 Å². The Bertz CT molecular complexity index is 889. The second kappa shape index (κ2) is 4.92. The number of hydrogen-bond donors (Lipinski definition) is 0. The van der Waals surface area contributed by atoms with Crippen LogP contribution in [0.15, 0.2) is 21.8 Å². The molecule has 0 fully saturated rings. The summed E-state index contributed by atoms with van der Waals surface area (Å²) in [5.41, 5.74) is -0.425. The quantitative estimate of drug-likeness (QED) is 0.834. The molecule has 0 N–H and O–H groups in total. The maximum Gasteiger partial charge on any atom is 0.200 e. The normalized spacial score (nSPS) is 17.5. The predicted octanol–water partition coefficient (Wildman–Crippen LogP) is 3.05. The van der Waals surface area contributed by atoms with E-state index in [1.165, 1.54) is 0 Å². The number of halogens is 2. The van der Waals surface area contributed by atoms with Crippen LogP contribution in [0.25, 0.3) is 11.0 Å². The van der Waals surface area contributed by atoms with Gasteiger partial charge < -0.3 is 9.36 Å². The molecule has 1 aliphatic heterocycles. The first-order valence-corrected chi connectivity index (χ1v) is 8.42. The molecule has 0 aliphatic carbocycles. The van der Waals surface area contributed by atoms with Gasteiger partial charge in [-0.1, -0.05) is 21.9 Å². The summed E-state index contributed by atoms with van der Waals surface area (Å²) in [6.45, 7) is 3.47. The van der Waals surface area contributed by atoms with Gasteiger partial charge in [0.25, 0.3) is 0 Å². The molecule has 118 valence electrons.